The van der Waals surface area contributed by atoms with Crippen molar-refractivity contribution in [3.63, 3.8) is 0 Å². The number of imidazole rings is 1. The van der Waals surface area contributed by atoms with Gasteiger partial charge in [0.25, 0.3) is 0 Å². The van der Waals surface area contributed by atoms with Crippen LogP contribution in [-0.4, -0.2) is 47.5 Å². The van der Waals surface area contributed by atoms with Gasteiger partial charge in [-0.2, -0.15) is 0 Å². The Morgan fingerprint density at radius 2 is 2.04 bits per heavy atom. The van der Waals surface area contributed by atoms with Gasteiger partial charge in [0.15, 0.2) is 5.82 Å². The first-order valence-corrected chi connectivity index (χ1v) is 9.88. The third-order valence-corrected chi connectivity index (χ3v) is 4.68. The third kappa shape index (κ3) is 3.73. The highest BCUT2D eigenvalue weighted by molar-refractivity contribution is 7.88. The molecule has 2 heterocycles. The summed E-state index contributed by atoms with van der Waals surface area (Å²) in [7, 11) is -3.21. The average molecular weight is 363 g/mol. The molecule has 2 aromatic heterocycles. The van der Waals surface area contributed by atoms with E-state index in [0.717, 1.165) is 22.7 Å². The Labute approximate surface area is 145 Å². The Hall–Kier alpha value is -2.23. The number of anilines is 1. The van der Waals surface area contributed by atoms with Crippen molar-refractivity contribution in [3.8, 4) is 0 Å². The van der Waals surface area contributed by atoms with E-state index in [9.17, 15) is 13.5 Å². The van der Waals surface area contributed by atoms with Crippen molar-refractivity contribution in [2.45, 2.75) is 19.4 Å². The number of nitrogens with two attached hydrogens (primary N) is 1. The molecular weight excluding hydrogens is 342 g/mol. The molecule has 1 aromatic carbocycles. The van der Waals surface area contributed by atoms with E-state index in [2.05, 4.69) is 14.7 Å². The van der Waals surface area contributed by atoms with E-state index in [1.54, 1.807) is 0 Å². The molecule has 0 unspecified atom stereocenters. The molecule has 0 aliphatic carbocycles. The number of para-hydroxylation sites is 1. The van der Waals surface area contributed by atoms with Crippen LogP contribution in [0.1, 0.15) is 12.2 Å². The van der Waals surface area contributed by atoms with Crippen LogP contribution in [-0.2, 0) is 23.0 Å². The minimum atomic E-state index is -3.21. The summed E-state index contributed by atoms with van der Waals surface area (Å²) in [6.45, 7) is 0.855. The van der Waals surface area contributed by atoms with E-state index in [-0.39, 0.29) is 6.61 Å². The standard InChI is InChI=1S/C16H21N5O3S/c1-25(23,24)18-8-4-9-21-13(7-10-22)20-14-15(21)11-5-2-3-6-12(11)19-16(14)17/h2-3,5-6,18,22H,4,7-10H2,1H3,(H2,17,19). The van der Waals surface area contributed by atoms with Gasteiger partial charge in [-0.1, -0.05) is 18.2 Å². The number of aliphatic hydroxyl groups is 1. The molecule has 134 valence electrons. The average Bonchev–Trinajstić information content (AvgIpc) is 2.91. The fourth-order valence-corrected chi connectivity index (χ4v) is 3.45. The monoisotopic (exact) mass is 363 g/mol. The predicted octanol–water partition coefficient (Wildman–Crippen LogP) is 0.641. The van der Waals surface area contributed by atoms with Crippen LogP contribution in [0.25, 0.3) is 21.9 Å². The second-order valence-electron chi connectivity index (χ2n) is 5.88. The van der Waals surface area contributed by atoms with Crippen LogP contribution in [0.3, 0.4) is 0 Å². The number of sulfonamides is 1. The Morgan fingerprint density at radius 1 is 1.28 bits per heavy atom. The third-order valence-electron chi connectivity index (χ3n) is 3.95. The topological polar surface area (TPSA) is 123 Å². The van der Waals surface area contributed by atoms with E-state index in [4.69, 9.17) is 5.73 Å². The summed E-state index contributed by atoms with van der Waals surface area (Å²) in [5.41, 5.74) is 8.32. The molecule has 0 bridgehead atoms. The molecule has 8 nitrogen and oxygen atoms in total. The first-order valence-electron chi connectivity index (χ1n) is 7.99. The number of nitrogens with zero attached hydrogens (tertiary/aromatic N) is 3. The molecule has 0 amide bonds. The number of hydrogen-bond donors (Lipinski definition) is 3. The molecule has 0 fully saturated rings. The lowest BCUT2D eigenvalue weighted by Gasteiger charge is -2.10. The zero-order valence-corrected chi connectivity index (χ0v) is 14.8. The van der Waals surface area contributed by atoms with Gasteiger partial charge in [-0.05, 0) is 12.5 Å². The number of benzene rings is 1. The van der Waals surface area contributed by atoms with Gasteiger partial charge in [0.05, 0.1) is 23.9 Å². The maximum Gasteiger partial charge on any atom is 0.208 e. The maximum absolute atomic E-state index is 11.2. The highest BCUT2D eigenvalue weighted by Gasteiger charge is 2.16. The molecule has 0 saturated heterocycles. The summed E-state index contributed by atoms with van der Waals surface area (Å²) >= 11 is 0. The van der Waals surface area contributed by atoms with Gasteiger partial charge in [-0.15, -0.1) is 0 Å². The molecule has 0 aliphatic heterocycles. The number of fused-ring (bicyclic) bond motifs is 3. The zero-order valence-electron chi connectivity index (χ0n) is 13.9. The minimum Gasteiger partial charge on any atom is -0.396 e. The van der Waals surface area contributed by atoms with Gasteiger partial charge in [0, 0.05) is 24.9 Å². The van der Waals surface area contributed by atoms with Crippen LogP contribution in [0, 0.1) is 0 Å². The molecular formula is C16H21N5O3S. The zero-order chi connectivity index (χ0) is 18.0. The Bertz CT molecular complexity index is 1010. The van der Waals surface area contributed by atoms with Crippen molar-refractivity contribution >= 4 is 37.8 Å². The molecule has 9 heteroatoms. The summed E-state index contributed by atoms with van der Waals surface area (Å²) in [4.78, 5) is 8.95. The quantitative estimate of drug-likeness (QED) is 0.529. The van der Waals surface area contributed by atoms with E-state index < -0.39 is 10.0 Å². The van der Waals surface area contributed by atoms with Gasteiger partial charge in [-0.25, -0.2) is 23.1 Å². The highest BCUT2D eigenvalue weighted by Crippen LogP contribution is 2.29. The Morgan fingerprint density at radius 3 is 2.76 bits per heavy atom. The summed E-state index contributed by atoms with van der Waals surface area (Å²) in [5, 5.41) is 10.3. The predicted molar refractivity (Wildman–Crippen MR) is 97.7 cm³/mol. The highest BCUT2D eigenvalue weighted by atomic mass is 32.2. The maximum atomic E-state index is 11.2. The van der Waals surface area contributed by atoms with Gasteiger partial charge in [0.1, 0.15) is 11.3 Å². The number of pyridine rings is 1. The van der Waals surface area contributed by atoms with Crippen LogP contribution in [0.5, 0.6) is 0 Å². The van der Waals surface area contributed by atoms with Crippen molar-refractivity contribution < 1.29 is 13.5 Å². The van der Waals surface area contributed by atoms with E-state index in [1.807, 2.05) is 28.8 Å². The van der Waals surface area contributed by atoms with Crippen molar-refractivity contribution in [3.05, 3.63) is 30.1 Å². The summed E-state index contributed by atoms with van der Waals surface area (Å²) < 4.78 is 26.9. The Kier molecular flexibility index (Phi) is 4.89. The lowest BCUT2D eigenvalue weighted by Crippen LogP contribution is -2.24. The summed E-state index contributed by atoms with van der Waals surface area (Å²) in [6.07, 6.45) is 2.12. The van der Waals surface area contributed by atoms with Gasteiger partial charge in [0.2, 0.25) is 10.0 Å². The smallest absolute Gasteiger partial charge is 0.208 e. The van der Waals surface area contributed by atoms with Crippen molar-refractivity contribution in [1.82, 2.24) is 19.3 Å². The van der Waals surface area contributed by atoms with Crippen LogP contribution in [0.15, 0.2) is 24.3 Å². The fourth-order valence-electron chi connectivity index (χ4n) is 2.93. The van der Waals surface area contributed by atoms with Gasteiger partial charge < -0.3 is 15.4 Å². The summed E-state index contributed by atoms with van der Waals surface area (Å²) in [6, 6.07) is 7.67. The molecule has 0 atom stereocenters. The molecule has 0 radical (unpaired) electrons. The molecule has 0 saturated carbocycles. The van der Waals surface area contributed by atoms with E-state index >= 15 is 0 Å². The largest absolute Gasteiger partial charge is 0.396 e. The van der Waals surface area contributed by atoms with Gasteiger partial charge in [-0.3, -0.25) is 0 Å². The SMILES string of the molecule is CS(=O)(=O)NCCCn1c(CCO)nc2c(N)nc3ccccc3c21. The number of nitrogens with one attached hydrogen (secondary N) is 1. The molecule has 3 aromatic rings. The molecule has 0 spiro atoms. The van der Waals surface area contributed by atoms with E-state index in [0.29, 0.717) is 43.1 Å². The normalized spacial score (nSPS) is 12.2. The van der Waals surface area contributed by atoms with Crippen molar-refractivity contribution in [1.29, 1.82) is 0 Å². The molecule has 0 aliphatic rings. The lowest BCUT2D eigenvalue weighted by molar-refractivity contribution is 0.294. The number of aryl methyl sites for hydroxylation is 1. The molecule has 25 heavy (non-hydrogen) atoms. The first-order chi connectivity index (χ1) is 11.9. The van der Waals surface area contributed by atoms with Crippen molar-refractivity contribution in [2.75, 3.05) is 25.1 Å². The second-order valence-corrected chi connectivity index (χ2v) is 7.72. The van der Waals surface area contributed by atoms with Crippen LogP contribution in [0.2, 0.25) is 0 Å². The number of aromatic nitrogens is 3. The molecule has 3 rings (SSSR count). The Balaban J connectivity index is 2.05. The first kappa shape index (κ1) is 17.6. The van der Waals surface area contributed by atoms with Crippen LogP contribution in [0.4, 0.5) is 5.82 Å². The number of aliphatic hydroxyl groups excluding tert-OH is 1. The van der Waals surface area contributed by atoms with Crippen molar-refractivity contribution in [2.24, 2.45) is 0 Å². The van der Waals surface area contributed by atoms with Crippen LogP contribution >= 0.6 is 0 Å². The van der Waals surface area contributed by atoms with Gasteiger partial charge >= 0.3 is 0 Å². The van der Waals surface area contributed by atoms with E-state index in [1.165, 1.54) is 0 Å². The number of hydrogen-bond acceptors (Lipinski definition) is 6. The summed E-state index contributed by atoms with van der Waals surface area (Å²) in [5.74, 6) is 1.06. The van der Waals surface area contributed by atoms with Crippen LogP contribution < -0.4 is 10.5 Å². The molecule has 4 N–H and O–H groups in total. The lowest BCUT2D eigenvalue weighted by atomic mass is 10.2. The minimum absolute atomic E-state index is 0.0316. The fraction of sp³-hybridized carbons (Fsp3) is 0.375. The second kappa shape index (κ2) is 6.95. The number of nitrogen functional groups attached to an aromatic ring is 1. The number of rotatable bonds is 7.